The molecule has 0 aromatic carbocycles. The van der Waals surface area contributed by atoms with Crippen LogP contribution in [0.2, 0.25) is 0 Å². The van der Waals surface area contributed by atoms with Crippen molar-refractivity contribution < 1.29 is 9.90 Å². The lowest BCUT2D eigenvalue weighted by Crippen LogP contribution is -2.20. The van der Waals surface area contributed by atoms with Crippen molar-refractivity contribution in [2.24, 2.45) is 5.92 Å². The van der Waals surface area contributed by atoms with Crippen LogP contribution < -0.4 is 0 Å². The minimum Gasteiger partial charge on any atom is -0.481 e. The molecule has 0 aromatic heterocycles. The molecule has 0 bridgehead atoms. The molecule has 1 saturated heterocycles. The highest BCUT2D eigenvalue weighted by atomic mass is 16.4. The van der Waals surface area contributed by atoms with Crippen LogP contribution >= 0.6 is 0 Å². The van der Waals surface area contributed by atoms with Gasteiger partial charge in [0.15, 0.2) is 0 Å². The van der Waals surface area contributed by atoms with Gasteiger partial charge in [-0.15, -0.1) is 6.42 Å². The van der Waals surface area contributed by atoms with E-state index in [2.05, 4.69) is 10.8 Å². The molecule has 0 radical (unpaired) electrons. The first kappa shape index (κ1) is 10.1. The zero-order valence-corrected chi connectivity index (χ0v) is 7.70. The maximum atomic E-state index is 10.3. The number of carbonyl (C=O) groups is 1. The molecule has 1 heterocycles. The Labute approximate surface area is 78.7 Å². The van der Waals surface area contributed by atoms with E-state index in [1.807, 2.05) is 0 Å². The van der Waals surface area contributed by atoms with Crippen molar-refractivity contribution in [2.75, 3.05) is 19.6 Å². The largest absolute Gasteiger partial charge is 0.481 e. The zero-order chi connectivity index (χ0) is 9.68. The van der Waals surface area contributed by atoms with Gasteiger partial charge >= 0.3 is 5.97 Å². The second-order valence-electron chi connectivity index (χ2n) is 3.53. The third-order valence-corrected chi connectivity index (χ3v) is 2.45. The van der Waals surface area contributed by atoms with Crippen molar-refractivity contribution in [1.82, 2.24) is 4.90 Å². The molecule has 1 atom stereocenters. The molecule has 1 fully saturated rings. The van der Waals surface area contributed by atoms with Crippen LogP contribution in [0.15, 0.2) is 0 Å². The Morgan fingerprint density at radius 1 is 1.69 bits per heavy atom. The maximum Gasteiger partial charge on any atom is 0.303 e. The predicted molar refractivity (Wildman–Crippen MR) is 50.2 cm³/mol. The standard InChI is InChI=1S/C10H15NO2/c1-2-6-11-7-5-9(8-11)3-4-10(12)13/h1,9H,3-8H2,(H,12,13). The number of aliphatic carboxylic acids is 1. The second-order valence-corrected chi connectivity index (χ2v) is 3.53. The Morgan fingerprint density at radius 2 is 2.46 bits per heavy atom. The van der Waals surface area contributed by atoms with Crippen molar-refractivity contribution in [2.45, 2.75) is 19.3 Å². The van der Waals surface area contributed by atoms with E-state index in [1.54, 1.807) is 0 Å². The lowest BCUT2D eigenvalue weighted by molar-refractivity contribution is -0.137. The molecule has 0 spiro atoms. The molecular weight excluding hydrogens is 166 g/mol. The van der Waals surface area contributed by atoms with Crippen LogP contribution in [0.1, 0.15) is 19.3 Å². The van der Waals surface area contributed by atoms with E-state index in [0.717, 1.165) is 25.9 Å². The highest BCUT2D eigenvalue weighted by molar-refractivity contribution is 5.66. The fourth-order valence-corrected chi connectivity index (χ4v) is 1.75. The number of likely N-dealkylation sites (tertiary alicyclic amines) is 1. The van der Waals surface area contributed by atoms with Crippen molar-refractivity contribution in [3.8, 4) is 12.3 Å². The van der Waals surface area contributed by atoms with Crippen LogP contribution in [0.4, 0.5) is 0 Å². The number of hydrogen-bond acceptors (Lipinski definition) is 2. The summed E-state index contributed by atoms with van der Waals surface area (Å²) in [5, 5.41) is 8.50. The van der Waals surface area contributed by atoms with Crippen LogP contribution in [-0.2, 0) is 4.79 Å². The van der Waals surface area contributed by atoms with Gasteiger partial charge in [-0.05, 0) is 25.3 Å². The highest BCUT2D eigenvalue weighted by Gasteiger charge is 2.21. The molecular formula is C10H15NO2. The summed E-state index contributed by atoms with van der Waals surface area (Å²) < 4.78 is 0. The number of carboxylic acid groups (broad SMARTS) is 1. The Balaban J connectivity index is 2.18. The summed E-state index contributed by atoms with van der Waals surface area (Å²) in [5.41, 5.74) is 0. The Kier molecular flexibility index (Phi) is 3.78. The molecule has 3 nitrogen and oxygen atoms in total. The number of nitrogens with zero attached hydrogens (tertiary/aromatic N) is 1. The van der Waals surface area contributed by atoms with Crippen molar-refractivity contribution in [1.29, 1.82) is 0 Å². The summed E-state index contributed by atoms with van der Waals surface area (Å²) in [7, 11) is 0. The predicted octanol–water partition coefficient (Wildman–Crippen LogP) is 0.806. The summed E-state index contributed by atoms with van der Waals surface area (Å²) in [6, 6.07) is 0. The Hall–Kier alpha value is -1.01. The molecule has 1 aliphatic rings. The number of rotatable bonds is 4. The monoisotopic (exact) mass is 181 g/mol. The van der Waals surface area contributed by atoms with E-state index in [9.17, 15) is 4.79 Å². The van der Waals surface area contributed by atoms with Gasteiger partial charge in [0, 0.05) is 13.0 Å². The minimum atomic E-state index is -0.699. The molecule has 0 saturated carbocycles. The maximum absolute atomic E-state index is 10.3. The van der Waals surface area contributed by atoms with E-state index in [0.29, 0.717) is 12.5 Å². The lowest BCUT2D eigenvalue weighted by Gasteiger charge is -2.11. The minimum absolute atomic E-state index is 0.286. The van der Waals surface area contributed by atoms with Gasteiger partial charge in [0.05, 0.1) is 6.54 Å². The van der Waals surface area contributed by atoms with E-state index in [-0.39, 0.29) is 6.42 Å². The fourth-order valence-electron chi connectivity index (χ4n) is 1.75. The molecule has 1 N–H and O–H groups in total. The topological polar surface area (TPSA) is 40.5 Å². The Morgan fingerprint density at radius 3 is 3.08 bits per heavy atom. The number of hydrogen-bond donors (Lipinski definition) is 1. The van der Waals surface area contributed by atoms with Gasteiger partial charge in [-0.3, -0.25) is 9.69 Å². The molecule has 1 unspecified atom stereocenters. The molecule has 3 heteroatoms. The van der Waals surface area contributed by atoms with Gasteiger partial charge in [-0.2, -0.15) is 0 Å². The smallest absolute Gasteiger partial charge is 0.303 e. The van der Waals surface area contributed by atoms with E-state index < -0.39 is 5.97 Å². The SMILES string of the molecule is C#CCN1CCC(CCC(=O)O)C1. The van der Waals surface area contributed by atoms with Crippen LogP contribution in [0.5, 0.6) is 0 Å². The first-order valence-electron chi connectivity index (χ1n) is 4.60. The molecule has 0 amide bonds. The van der Waals surface area contributed by atoms with Gasteiger partial charge in [0.25, 0.3) is 0 Å². The summed E-state index contributed by atoms with van der Waals surface area (Å²) in [6.07, 6.45) is 7.36. The summed E-state index contributed by atoms with van der Waals surface area (Å²) in [6.45, 7) is 2.69. The molecule has 1 rings (SSSR count). The Bertz CT molecular complexity index is 219. The second kappa shape index (κ2) is 4.88. The quantitative estimate of drug-likeness (QED) is 0.652. The van der Waals surface area contributed by atoms with Gasteiger partial charge in [-0.1, -0.05) is 5.92 Å². The molecule has 72 valence electrons. The van der Waals surface area contributed by atoms with Gasteiger partial charge in [0.2, 0.25) is 0 Å². The molecule has 0 aliphatic carbocycles. The highest BCUT2D eigenvalue weighted by Crippen LogP contribution is 2.20. The third kappa shape index (κ3) is 3.47. The summed E-state index contributed by atoms with van der Waals surface area (Å²) in [5.74, 6) is 2.44. The van der Waals surface area contributed by atoms with Crippen molar-refractivity contribution >= 4 is 5.97 Å². The van der Waals surface area contributed by atoms with Gasteiger partial charge < -0.3 is 5.11 Å². The molecule has 13 heavy (non-hydrogen) atoms. The zero-order valence-electron chi connectivity index (χ0n) is 7.70. The third-order valence-electron chi connectivity index (χ3n) is 2.45. The number of carboxylic acids is 1. The van der Waals surface area contributed by atoms with Crippen molar-refractivity contribution in [3.63, 3.8) is 0 Å². The molecule has 0 aromatic rings. The number of terminal acetylenes is 1. The van der Waals surface area contributed by atoms with Crippen molar-refractivity contribution in [3.05, 3.63) is 0 Å². The summed E-state index contributed by atoms with van der Waals surface area (Å²) in [4.78, 5) is 12.5. The van der Waals surface area contributed by atoms with Crippen LogP contribution in [0.25, 0.3) is 0 Å². The van der Waals surface area contributed by atoms with Gasteiger partial charge in [0.1, 0.15) is 0 Å². The van der Waals surface area contributed by atoms with Crippen LogP contribution in [0.3, 0.4) is 0 Å². The fraction of sp³-hybridized carbons (Fsp3) is 0.700. The van der Waals surface area contributed by atoms with E-state index in [4.69, 9.17) is 11.5 Å². The van der Waals surface area contributed by atoms with Gasteiger partial charge in [-0.25, -0.2) is 0 Å². The molecule has 1 aliphatic heterocycles. The van der Waals surface area contributed by atoms with E-state index in [1.165, 1.54) is 0 Å². The average Bonchev–Trinajstić information content (AvgIpc) is 2.50. The summed E-state index contributed by atoms with van der Waals surface area (Å²) >= 11 is 0. The average molecular weight is 181 g/mol. The first-order chi connectivity index (χ1) is 6.22. The van der Waals surface area contributed by atoms with Crippen LogP contribution in [0, 0.1) is 18.3 Å². The lowest BCUT2D eigenvalue weighted by atomic mass is 10.0. The first-order valence-corrected chi connectivity index (χ1v) is 4.60. The normalized spacial score (nSPS) is 22.8. The van der Waals surface area contributed by atoms with E-state index >= 15 is 0 Å². The van der Waals surface area contributed by atoms with Crippen LogP contribution in [-0.4, -0.2) is 35.6 Å².